The molecule has 0 amide bonds. The number of aromatic nitrogens is 2. The number of ether oxygens (including phenoxy) is 2. The number of aryl methyl sites for hydroxylation is 1. The summed E-state index contributed by atoms with van der Waals surface area (Å²) in [4.78, 5) is 53.5. The van der Waals surface area contributed by atoms with Crippen molar-refractivity contribution in [2.75, 3.05) is 13.7 Å². The van der Waals surface area contributed by atoms with Crippen molar-refractivity contribution in [2.24, 2.45) is 0 Å². The van der Waals surface area contributed by atoms with Gasteiger partial charge < -0.3 is 29.3 Å². The standard InChI is InChI=1S/C11H19N2O8PS/c1-5-3-13(11(16)12-9(5)15)10-7(20-2)8(6(4-14)21-10)23-22(17,18)19/h3,6-8,10,14,17-19,23H,4H2,1-2H3,(H,12,15,16)/t6-,7+,8+,10-/m1/s1. The summed E-state index contributed by atoms with van der Waals surface area (Å²) in [6.07, 6.45) is -1.42. The van der Waals surface area contributed by atoms with Crippen molar-refractivity contribution in [3.05, 3.63) is 32.6 Å². The monoisotopic (exact) mass is 370 g/mol. The maximum atomic E-state index is 12.0. The van der Waals surface area contributed by atoms with Gasteiger partial charge in [-0.2, -0.15) is 0 Å². The average molecular weight is 370 g/mol. The molecule has 1 fully saturated rings. The van der Waals surface area contributed by atoms with Crippen LogP contribution in [0.25, 0.3) is 0 Å². The van der Waals surface area contributed by atoms with Crippen molar-refractivity contribution in [3.63, 3.8) is 0 Å². The number of nitrogens with one attached hydrogen (secondary N) is 1. The fourth-order valence-corrected chi connectivity index (χ4v) is 5.43. The van der Waals surface area contributed by atoms with E-state index in [4.69, 9.17) is 9.47 Å². The molecule has 23 heavy (non-hydrogen) atoms. The second-order valence-corrected chi connectivity index (χ2v) is 9.27. The number of hydrogen-bond donors (Lipinski definition) is 6. The summed E-state index contributed by atoms with van der Waals surface area (Å²) in [7, 11) is 1.18. The molecule has 1 saturated heterocycles. The fraction of sp³-hybridized carbons (Fsp3) is 0.636. The van der Waals surface area contributed by atoms with E-state index in [2.05, 4.69) is 4.98 Å². The minimum Gasteiger partial charge on any atom is -0.394 e. The number of rotatable bonds is 4. The summed E-state index contributed by atoms with van der Waals surface area (Å²) < 4.78 is 12.0. The molecule has 12 heteroatoms. The van der Waals surface area contributed by atoms with Crippen LogP contribution >= 0.6 is 6.72 Å². The van der Waals surface area contributed by atoms with Crippen LogP contribution in [0.4, 0.5) is 0 Å². The topological polar surface area (TPSA) is 154 Å². The number of methoxy groups -OCH3 is 1. The minimum atomic E-state index is -4.16. The number of aromatic amines is 1. The first-order valence-electron chi connectivity index (χ1n) is 6.58. The van der Waals surface area contributed by atoms with Crippen LogP contribution in [0.15, 0.2) is 15.8 Å². The molecule has 0 spiro atoms. The molecule has 1 aromatic rings. The molecular weight excluding hydrogens is 351 g/mol. The SMILES string of the molecule is CO[C@H]1[C@@H]([SH]=P(O)(O)O)[C@@H](CO)O[C@H]1n1cc(C)c(=O)[nH]c1=O. The van der Waals surface area contributed by atoms with Gasteiger partial charge in [-0.25, -0.2) is 4.79 Å². The Balaban J connectivity index is 2.50. The molecule has 0 bridgehead atoms. The Morgan fingerprint density at radius 1 is 1.43 bits per heavy atom. The molecule has 1 aromatic heterocycles. The molecular formula is C11H19N2O8PS. The third-order valence-corrected chi connectivity index (χ3v) is 6.41. The first-order valence-corrected chi connectivity index (χ1v) is 9.90. The lowest BCUT2D eigenvalue weighted by Gasteiger charge is -2.22. The van der Waals surface area contributed by atoms with Gasteiger partial charge in [0.25, 0.3) is 12.3 Å². The molecule has 1 aliphatic rings. The van der Waals surface area contributed by atoms with E-state index >= 15 is 0 Å². The maximum Gasteiger partial charge on any atom is 0.330 e. The second kappa shape index (κ2) is 6.99. The number of thiol groups is 1. The van der Waals surface area contributed by atoms with E-state index in [9.17, 15) is 29.4 Å². The highest BCUT2D eigenvalue weighted by Crippen LogP contribution is 2.39. The van der Waals surface area contributed by atoms with Gasteiger partial charge in [0, 0.05) is 18.9 Å². The highest BCUT2D eigenvalue weighted by Gasteiger charge is 2.46. The van der Waals surface area contributed by atoms with Crippen LogP contribution in [0.5, 0.6) is 0 Å². The summed E-state index contributed by atoms with van der Waals surface area (Å²) in [5.74, 6) is 0. The smallest absolute Gasteiger partial charge is 0.330 e. The Hall–Kier alpha value is -0.780. The van der Waals surface area contributed by atoms with Crippen molar-refractivity contribution in [1.29, 1.82) is 0 Å². The summed E-state index contributed by atoms with van der Waals surface area (Å²) in [5.41, 5.74) is -0.977. The van der Waals surface area contributed by atoms with E-state index in [0.29, 0.717) is 0 Å². The first kappa shape index (κ1) is 18.6. The van der Waals surface area contributed by atoms with Gasteiger partial charge in [0.1, 0.15) is 6.10 Å². The van der Waals surface area contributed by atoms with Crippen LogP contribution in [0.3, 0.4) is 0 Å². The molecule has 132 valence electrons. The van der Waals surface area contributed by atoms with E-state index in [1.54, 1.807) is 0 Å². The predicted octanol–water partition coefficient (Wildman–Crippen LogP) is -2.41. The lowest BCUT2D eigenvalue weighted by atomic mass is 10.2. The molecule has 0 unspecified atom stereocenters. The van der Waals surface area contributed by atoms with Crippen LogP contribution in [-0.2, 0) is 20.4 Å². The van der Waals surface area contributed by atoms with Crippen LogP contribution in [0, 0.1) is 6.92 Å². The zero-order valence-electron chi connectivity index (χ0n) is 12.4. The quantitative estimate of drug-likeness (QED) is 0.253. The second-order valence-electron chi connectivity index (χ2n) is 5.07. The van der Waals surface area contributed by atoms with Gasteiger partial charge in [-0.05, 0) is 6.92 Å². The zero-order valence-corrected chi connectivity index (χ0v) is 14.1. The maximum absolute atomic E-state index is 12.0. The van der Waals surface area contributed by atoms with Crippen molar-refractivity contribution in [1.82, 2.24) is 9.55 Å². The third-order valence-electron chi connectivity index (χ3n) is 3.47. The zero-order chi connectivity index (χ0) is 17.4. The van der Waals surface area contributed by atoms with Crippen molar-refractivity contribution in [2.45, 2.75) is 30.6 Å². The fourth-order valence-electron chi connectivity index (χ4n) is 2.44. The molecule has 5 N–H and O–H groups in total. The van der Waals surface area contributed by atoms with Gasteiger partial charge in [-0.3, -0.25) is 14.3 Å². The van der Waals surface area contributed by atoms with Crippen molar-refractivity contribution < 1.29 is 29.3 Å². The van der Waals surface area contributed by atoms with E-state index in [0.717, 1.165) is 4.57 Å². The Labute approximate surface area is 134 Å². The van der Waals surface area contributed by atoms with Gasteiger partial charge in [-0.1, -0.05) is 0 Å². The Bertz CT molecular complexity index is 732. The first-order chi connectivity index (χ1) is 10.7. The summed E-state index contributed by atoms with van der Waals surface area (Å²) in [6, 6.07) is 0. The molecule has 0 saturated carbocycles. The molecule has 0 aliphatic carbocycles. The number of nitrogens with zero attached hydrogens (tertiary/aromatic N) is 1. The average Bonchev–Trinajstić information content (AvgIpc) is 2.78. The van der Waals surface area contributed by atoms with Gasteiger partial charge in [-0.15, -0.1) is 10.9 Å². The Morgan fingerprint density at radius 3 is 2.61 bits per heavy atom. The molecule has 4 atom stereocenters. The van der Waals surface area contributed by atoms with E-state index in [-0.39, 0.29) is 16.5 Å². The lowest BCUT2D eigenvalue weighted by molar-refractivity contribution is -0.0626. The molecule has 10 nitrogen and oxygen atoms in total. The number of aliphatic hydroxyl groups is 1. The lowest BCUT2D eigenvalue weighted by Crippen LogP contribution is -2.39. The van der Waals surface area contributed by atoms with E-state index < -0.39 is 48.3 Å². The number of hydrogen-bond acceptors (Lipinski definition) is 5. The van der Waals surface area contributed by atoms with E-state index in [1.165, 1.54) is 20.2 Å². The summed E-state index contributed by atoms with van der Waals surface area (Å²) in [6.45, 7) is -3.11. The van der Waals surface area contributed by atoms with Crippen LogP contribution in [0.2, 0.25) is 0 Å². The largest absolute Gasteiger partial charge is 0.394 e. The molecule has 2 heterocycles. The number of H-pyrrole nitrogens is 1. The predicted molar refractivity (Wildman–Crippen MR) is 84.0 cm³/mol. The van der Waals surface area contributed by atoms with Crippen LogP contribution in [0.1, 0.15) is 11.8 Å². The highest BCUT2D eigenvalue weighted by molar-refractivity contribution is 8.16. The van der Waals surface area contributed by atoms with Gasteiger partial charge in [0.2, 0.25) is 0 Å². The van der Waals surface area contributed by atoms with Gasteiger partial charge in [0.15, 0.2) is 6.23 Å². The molecule has 2 rings (SSSR count). The molecule has 0 radical (unpaired) electrons. The molecule has 0 aromatic carbocycles. The Morgan fingerprint density at radius 2 is 2.09 bits per heavy atom. The van der Waals surface area contributed by atoms with E-state index in [1.807, 2.05) is 0 Å². The van der Waals surface area contributed by atoms with Gasteiger partial charge in [0.05, 0.1) is 18.0 Å². The normalized spacial score (nSPS) is 28.3. The van der Waals surface area contributed by atoms with Crippen LogP contribution < -0.4 is 11.2 Å². The number of aliphatic hydroxyl groups excluding tert-OH is 1. The third kappa shape index (κ3) is 4.01. The highest BCUT2D eigenvalue weighted by atomic mass is 32.5. The molecule has 1 aliphatic heterocycles. The minimum absolute atomic E-state index is 0.153. The Kier molecular flexibility index (Phi) is 5.64. The summed E-state index contributed by atoms with van der Waals surface area (Å²) >= 11 is 0. The van der Waals surface area contributed by atoms with Gasteiger partial charge >= 0.3 is 5.69 Å². The van der Waals surface area contributed by atoms with Crippen molar-refractivity contribution >= 4 is 17.7 Å². The van der Waals surface area contributed by atoms with Crippen LogP contribution in [-0.4, -0.2) is 60.5 Å². The summed E-state index contributed by atoms with van der Waals surface area (Å²) in [5, 5.41) is 8.64. The van der Waals surface area contributed by atoms with Crippen molar-refractivity contribution in [3.8, 4) is 0 Å².